The van der Waals surface area contributed by atoms with Gasteiger partial charge in [0, 0.05) is 23.5 Å². The first-order valence-electron chi connectivity index (χ1n) is 6.36. The van der Waals surface area contributed by atoms with Crippen molar-refractivity contribution in [3.8, 4) is 0 Å². The van der Waals surface area contributed by atoms with Crippen molar-refractivity contribution in [2.24, 2.45) is 11.3 Å². The number of carbonyl (C=O) groups excluding carboxylic acids is 1. The van der Waals surface area contributed by atoms with Gasteiger partial charge in [0.2, 0.25) is 0 Å². The Labute approximate surface area is 110 Å². The van der Waals surface area contributed by atoms with Crippen molar-refractivity contribution in [1.82, 2.24) is 0 Å². The number of rotatable bonds is 4. The average Bonchev–Trinajstić information content (AvgIpc) is 2.24. The van der Waals surface area contributed by atoms with E-state index in [1.807, 2.05) is 12.1 Å². The predicted molar refractivity (Wildman–Crippen MR) is 78.0 cm³/mol. The van der Waals surface area contributed by atoms with E-state index in [-0.39, 0.29) is 11.2 Å². The van der Waals surface area contributed by atoms with Gasteiger partial charge in [-0.2, -0.15) is 0 Å². The van der Waals surface area contributed by atoms with Crippen molar-refractivity contribution in [1.29, 1.82) is 0 Å². The third-order valence-corrected chi connectivity index (χ3v) is 3.52. The molecule has 0 bridgehead atoms. The Morgan fingerprint density at radius 1 is 1.39 bits per heavy atom. The molecule has 3 nitrogen and oxygen atoms in total. The Morgan fingerprint density at radius 3 is 2.44 bits per heavy atom. The topological polar surface area (TPSA) is 55.1 Å². The molecular formula is C15H24N2O. The van der Waals surface area contributed by atoms with E-state index in [1.54, 1.807) is 6.07 Å². The molecule has 1 aromatic carbocycles. The average molecular weight is 248 g/mol. The molecule has 18 heavy (non-hydrogen) atoms. The highest BCUT2D eigenvalue weighted by Gasteiger charge is 2.19. The molecule has 3 N–H and O–H groups in total. The van der Waals surface area contributed by atoms with Crippen LogP contribution in [0.25, 0.3) is 0 Å². The van der Waals surface area contributed by atoms with E-state index in [2.05, 4.69) is 33.0 Å². The minimum atomic E-state index is 0.00195. The minimum absolute atomic E-state index is 0.00195. The lowest BCUT2D eigenvalue weighted by atomic mass is 9.82. The van der Waals surface area contributed by atoms with Crippen LogP contribution in [-0.2, 0) is 0 Å². The first-order valence-corrected chi connectivity index (χ1v) is 6.36. The molecule has 0 fully saturated rings. The van der Waals surface area contributed by atoms with Crippen LogP contribution in [0.3, 0.4) is 0 Å². The van der Waals surface area contributed by atoms with Gasteiger partial charge in [-0.15, -0.1) is 0 Å². The number of benzene rings is 1. The normalized spacial score (nSPS) is 13.2. The summed E-state index contributed by atoms with van der Waals surface area (Å²) in [5.74, 6) is 0.549. The molecule has 0 aliphatic carbocycles. The lowest BCUT2D eigenvalue weighted by molar-refractivity contribution is 0.101. The van der Waals surface area contributed by atoms with Crippen molar-refractivity contribution in [3.05, 3.63) is 23.8 Å². The monoisotopic (exact) mass is 248 g/mol. The second-order valence-corrected chi connectivity index (χ2v) is 6.01. The van der Waals surface area contributed by atoms with Gasteiger partial charge >= 0.3 is 0 Å². The number of Topliss-reactive ketones (excluding diaryl/α,β-unsaturated/α-hetero) is 1. The number of nitrogens with one attached hydrogen (secondary N) is 1. The predicted octanol–water partition coefficient (Wildman–Crippen LogP) is 3.57. The van der Waals surface area contributed by atoms with Crippen molar-refractivity contribution in [2.45, 2.75) is 34.6 Å². The van der Waals surface area contributed by atoms with Crippen LogP contribution in [0.4, 0.5) is 11.4 Å². The van der Waals surface area contributed by atoms with Crippen LogP contribution < -0.4 is 11.1 Å². The summed E-state index contributed by atoms with van der Waals surface area (Å²) >= 11 is 0. The smallest absolute Gasteiger partial charge is 0.161 e. The van der Waals surface area contributed by atoms with Gasteiger partial charge in [0.1, 0.15) is 0 Å². The lowest BCUT2D eigenvalue weighted by Gasteiger charge is -2.27. The molecule has 0 amide bonds. The largest absolute Gasteiger partial charge is 0.398 e. The number of ketones is 1. The molecule has 0 spiro atoms. The van der Waals surface area contributed by atoms with Gasteiger partial charge in [-0.3, -0.25) is 4.79 Å². The fraction of sp³-hybridized carbons (Fsp3) is 0.533. The molecule has 0 aliphatic rings. The zero-order chi connectivity index (χ0) is 13.9. The highest BCUT2D eigenvalue weighted by atomic mass is 16.1. The highest BCUT2D eigenvalue weighted by Crippen LogP contribution is 2.26. The lowest BCUT2D eigenvalue weighted by Crippen LogP contribution is -2.24. The Bertz CT molecular complexity index is 433. The van der Waals surface area contributed by atoms with E-state index >= 15 is 0 Å². The van der Waals surface area contributed by atoms with E-state index < -0.39 is 0 Å². The van der Waals surface area contributed by atoms with E-state index in [0.29, 0.717) is 17.2 Å². The number of nitrogen functional groups attached to an aromatic ring is 1. The number of carbonyl (C=O) groups is 1. The quantitative estimate of drug-likeness (QED) is 0.632. The summed E-state index contributed by atoms with van der Waals surface area (Å²) in [6, 6.07) is 5.51. The van der Waals surface area contributed by atoms with Crippen LogP contribution in [0.15, 0.2) is 18.2 Å². The van der Waals surface area contributed by atoms with Gasteiger partial charge < -0.3 is 11.1 Å². The molecule has 0 aromatic heterocycles. The standard InChI is InChI=1S/C15H24N2O/c1-10(15(3,4)5)9-17-12-6-7-13(11(2)18)14(16)8-12/h6-8,10,17H,9,16H2,1-5H3. The maximum absolute atomic E-state index is 11.3. The molecule has 0 radical (unpaired) electrons. The number of anilines is 2. The van der Waals surface area contributed by atoms with Gasteiger partial charge in [0.15, 0.2) is 5.78 Å². The Balaban J connectivity index is 2.70. The Hall–Kier alpha value is -1.51. The molecule has 1 aromatic rings. The zero-order valence-electron chi connectivity index (χ0n) is 12.0. The molecule has 0 aliphatic heterocycles. The molecule has 1 atom stereocenters. The maximum atomic E-state index is 11.3. The van der Waals surface area contributed by atoms with Crippen molar-refractivity contribution >= 4 is 17.2 Å². The summed E-state index contributed by atoms with van der Waals surface area (Å²) in [5, 5.41) is 3.37. The van der Waals surface area contributed by atoms with Crippen LogP contribution in [0.5, 0.6) is 0 Å². The van der Waals surface area contributed by atoms with Crippen molar-refractivity contribution < 1.29 is 4.79 Å². The van der Waals surface area contributed by atoms with Crippen molar-refractivity contribution in [3.63, 3.8) is 0 Å². The van der Waals surface area contributed by atoms with Gasteiger partial charge in [-0.1, -0.05) is 27.7 Å². The molecular weight excluding hydrogens is 224 g/mol. The van der Waals surface area contributed by atoms with Crippen molar-refractivity contribution in [2.75, 3.05) is 17.6 Å². The van der Waals surface area contributed by atoms with Gasteiger partial charge in [0.05, 0.1) is 0 Å². The van der Waals surface area contributed by atoms with Crippen LogP contribution in [-0.4, -0.2) is 12.3 Å². The minimum Gasteiger partial charge on any atom is -0.398 e. The summed E-state index contributed by atoms with van der Waals surface area (Å²) < 4.78 is 0. The number of hydrogen-bond acceptors (Lipinski definition) is 3. The van der Waals surface area contributed by atoms with Crippen LogP contribution in [0.1, 0.15) is 45.0 Å². The molecule has 1 unspecified atom stereocenters. The SMILES string of the molecule is CC(=O)c1ccc(NCC(C)C(C)(C)C)cc1N. The van der Waals surface area contributed by atoms with Gasteiger partial charge in [0.25, 0.3) is 0 Å². The van der Waals surface area contributed by atoms with E-state index in [0.717, 1.165) is 12.2 Å². The molecule has 3 heteroatoms. The summed E-state index contributed by atoms with van der Waals surface area (Å²) in [6.07, 6.45) is 0. The van der Waals surface area contributed by atoms with E-state index in [1.165, 1.54) is 6.92 Å². The molecule has 100 valence electrons. The second kappa shape index (κ2) is 5.42. The second-order valence-electron chi connectivity index (χ2n) is 6.01. The van der Waals surface area contributed by atoms with E-state index in [9.17, 15) is 4.79 Å². The number of nitrogens with two attached hydrogens (primary N) is 1. The Morgan fingerprint density at radius 2 is 2.00 bits per heavy atom. The summed E-state index contributed by atoms with van der Waals surface area (Å²) in [5.41, 5.74) is 8.22. The summed E-state index contributed by atoms with van der Waals surface area (Å²) in [6.45, 7) is 11.3. The molecule has 1 rings (SSSR count). The highest BCUT2D eigenvalue weighted by molar-refractivity contribution is 5.99. The first-order chi connectivity index (χ1) is 8.21. The first kappa shape index (κ1) is 14.6. The van der Waals surface area contributed by atoms with Gasteiger partial charge in [-0.05, 0) is 36.5 Å². The molecule has 0 saturated carbocycles. The third kappa shape index (κ3) is 3.76. The van der Waals surface area contributed by atoms with Crippen LogP contribution in [0.2, 0.25) is 0 Å². The zero-order valence-corrected chi connectivity index (χ0v) is 12.0. The van der Waals surface area contributed by atoms with Crippen LogP contribution in [0, 0.1) is 11.3 Å². The Kier molecular flexibility index (Phi) is 4.38. The number of hydrogen-bond donors (Lipinski definition) is 2. The van der Waals surface area contributed by atoms with Gasteiger partial charge in [-0.25, -0.2) is 0 Å². The fourth-order valence-corrected chi connectivity index (χ4v) is 1.57. The van der Waals surface area contributed by atoms with Crippen LogP contribution >= 0.6 is 0 Å². The molecule has 0 heterocycles. The summed E-state index contributed by atoms with van der Waals surface area (Å²) in [7, 11) is 0. The fourth-order valence-electron chi connectivity index (χ4n) is 1.57. The summed E-state index contributed by atoms with van der Waals surface area (Å²) in [4.78, 5) is 11.3. The molecule has 0 saturated heterocycles. The van der Waals surface area contributed by atoms with E-state index in [4.69, 9.17) is 5.73 Å². The third-order valence-electron chi connectivity index (χ3n) is 3.52. The maximum Gasteiger partial charge on any atom is 0.161 e.